The highest BCUT2D eigenvalue weighted by molar-refractivity contribution is 5.95. The lowest BCUT2D eigenvalue weighted by molar-refractivity contribution is -0.142. The minimum atomic E-state index is -0.649. The van der Waals surface area contributed by atoms with Gasteiger partial charge in [-0.3, -0.25) is 28.8 Å². The van der Waals surface area contributed by atoms with Crippen LogP contribution in [0.3, 0.4) is 0 Å². The molecule has 0 aromatic heterocycles. The summed E-state index contributed by atoms with van der Waals surface area (Å²) >= 11 is 0. The monoisotopic (exact) mass is 854 g/mol. The lowest BCUT2D eigenvalue weighted by atomic mass is 9.90. The van der Waals surface area contributed by atoms with Crippen LogP contribution in [0, 0.1) is 11.8 Å². The highest BCUT2D eigenvalue weighted by Gasteiger charge is 2.46. The molecule has 2 saturated carbocycles. The summed E-state index contributed by atoms with van der Waals surface area (Å²) in [5, 5.41) is 18.3. The van der Waals surface area contributed by atoms with Crippen molar-refractivity contribution < 1.29 is 38.2 Å². The maximum absolute atomic E-state index is 14.1. The molecule has 8 rings (SSSR count). The van der Waals surface area contributed by atoms with Crippen molar-refractivity contribution in [1.82, 2.24) is 41.7 Å². The summed E-state index contributed by atoms with van der Waals surface area (Å²) in [6.07, 6.45) is 7.04. The van der Waals surface area contributed by atoms with Crippen LogP contribution in [-0.4, -0.2) is 122 Å². The van der Waals surface area contributed by atoms with Gasteiger partial charge in [0.2, 0.25) is 35.4 Å². The molecule has 0 radical (unpaired) electrons. The van der Waals surface area contributed by atoms with Crippen LogP contribution in [-0.2, 0) is 28.8 Å². The quantitative estimate of drug-likeness (QED) is 0.155. The molecule has 2 aromatic rings. The normalized spacial score (nSPS) is 24.8. The second kappa shape index (κ2) is 18.6. The second-order valence-electron chi connectivity index (χ2n) is 17.9. The van der Waals surface area contributed by atoms with Gasteiger partial charge in [-0.1, -0.05) is 36.4 Å². The van der Waals surface area contributed by atoms with E-state index in [4.69, 9.17) is 9.47 Å². The van der Waals surface area contributed by atoms with Gasteiger partial charge in [-0.2, -0.15) is 0 Å². The van der Waals surface area contributed by atoms with Gasteiger partial charge < -0.3 is 51.2 Å². The number of ether oxygens (including phenoxy) is 2. The Kier molecular flexibility index (Phi) is 13.1. The van der Waals surface area contributed by atoms with Crippen molar-refractivity contribution in [2.24, 2.45) is 11.8 Å². The summed E-state index contributed by atoms with van der Waals surface area (Å²) in [6.45, 7) is 5.16. The summed E-state index contributed by atoms with van der Waals surface area (Å²) in [7, 11) is 3.41. The van der Waals surface area contributed by atoms with Crippen LogP contribution in [0.2, 0.25) is 0 Å². The molecule has 334 valence electrons. The van der Waals surface area contributed by atoms with Crippen molar-refractivity contribution in [2.75, 3.05) is 40.4 Å². The van der Waals surface area contributed by atoms with Crippen molar-refractivity contribution in [1.29, 1.82) is 0 Å². The van der Waals surface area contributed by atoms with Gasteiger partial charge >= 0.3 is 0 Å². The fourth-order valence-corrected chi connectivity index (χ4v) is 9.51. The van der Waals surface area contributed by atoms with Gasteiger partial charge in [-0.25, -0.2) is 0 Å². The summed E-state index contributed by atoms with van der Waals surface area (Å²) in [5.41, 5.74) is 3.25. The maximum Gasteiger partial charge on any atom is 0.246 e. The van der Waals surface area contributed by atoms with Gasteiger partial charge in [0.05, 0.1) is 37.4 Å². The van der Waals surface area contributed by atoms with Crippen molar-refractivity contribution in [3.05, 3.63) is 47.5 Å². The molecule has 6 amide bonds. The first-order chi connectivity index (χ1) is 30.0. The van der Waals surface area contributed by atoms with Crippen molar-refractivity contribution in [2.45, 2.75) is 126 Å². The fourth-order valence-electron chi connectivity index (χ4n) is 9.51. The molecular weight excluding hydrogens is 793 g/mol. The van der Waals surface area contributed by atoms with E-state index in [1.165, 1.54) is 0 Å². The number of hydrogen-bond donors (Lipinski definition) is 6. The van der Waals surface area contributed by atoms with Crippen molar-refractivity contribution in [3.8, 4) is 22.6 Å². The Labute approximate surface area is 363 Å². The van der Waals surface area contributed by atoms with Crippen LogP contribution >= 0.6 is 0 Å². The lowest BCUT2D eigenvalue weighted by Crippen LogP contribution is -2.56. The van der Waals surface area contributed by atoms with E-state index in [-0.39, 0.29) is 59.4 Å². The van der Waals surface area contributed by atoms with Gasteiger partial charge in [-0.15, -0.1) is 0 Å². The van der Waals surface area contributed by atoms with E-state index >= 15 is 0 Å². The zero-order chi connectivity index (χ0) is 43.7. The molecule has 2 aromatic carbocycles. The molecule has 2 saturated heterocycles. The Morgan fingerprint density at radius 3 is 1.35 bits per heavy atom. The number of fused-ring (bicyclic) bond motifs is 2. The first-order valence-corrected chi connectivity index (χ1v) is 22.7. The standard InChI is InChI=1S/C46H62N8O8/c1-25(47-3)41(55)51-37(27-15-16-27)45(59)53-21-7-13-35(53)43(57)49-33-19-23-61-39-29(9-5-11-31(33)39)30-10-6-12-32-34(20-24-62-40(30)32)50-44(58)36-14-8-22-54(36)46(60)38(28-17-18-28)52-42(56)26(2)48-4/h5-6,9-12,25-28,33-38,47-48H,7-8,13-24H2,1-4H3,(H,49,57)(H,50,58)(H,51,55)(H,52,56)/t25?,26?,33-,34-,35+,36+,37?,38?/m1/s1. The molecule has 16 nitrogen and oxygen atoms in total. The third-order valence-electron chi connectivity index (χ3n) is 13.7. The predicted molar refractivity (Wildman–Crippen MR) is 230 cm³/mol. The molecule has 6 aliphatic rings. The molecule has 2 aliphatic carbocycles. The van der Waals surface area contributed by atoms with Crippen LogP contribution in [0.25, 0.3) is 11.1 Å². The number of carbonyl (C=O) groups is 6. The zero-order valence-corrected chi connectivity index (χ0v) is 36.3. The fraction of sp³-hybridized carbons (Fsp3) is 0.609. The number of para-hydroxylation sites is 2. The maximum atomic E-state index is 14.1. The van der Waals surface area contributed by atoms with Crippen molar-refractivity contribution in [3.63, 3.8) is 0 Å². The van der Waals surface area contributed by atoms with E-state index in [2.05, 4.69) is 31.9 Å². The molecule has 4 aliphatic heterocycles. The Hall–Kier alpha value is -5.22. The second-order valence-corrected chi connectivity index (χ2v) is 17.9. The molecule has 4 heterocycles. The SMILES string of the molecule is CNC(C)C(=O)NC(C(=O)N1CCC[C@H]1C(=O)N[C@@H]1CCOc2c(-c3cccc4c3OCC[C@H]4NC(=O)[C@@H]3CCCN3C(=O)C(NC(=O)C(C)NC)C3CC3)cccc21)C1CC1. The lowest BCUT2D eigenvalue weighted by Gasteiger charge is -2.33. The highest BCUT2D eigenvalue weighted by atomic mass is 16.5. The van der Waals surface area contributed by atoms with Crippen LogP contribution < -0.4 is 41.4 Å². The van der Waals surface area contributed by atoms with E-state index in [0.717, 1.165) is 47.9 Å². The summed E-state index contributed by atoms with van der Waals surface area (Å²) in [4.78, 5) is 84.8. The van der Waals surface area contributed by atoms with Gasteiger partial charge in [-0.05, 0) is 91.1 Å². The number of nitrogens with one attached hydrogen (secondary N) is 6. The smallest absolute Gasteiger partial charge is 0.246 e. The van der Waals surface area contributed by atoms with E-state index in [9.17, 15) is 28.8 Å². The van der Waals surface area contributed by atoms with Crippen LogP contribution in [0.4, 0.5) is 0 Å². The molecule has 6 N–H and O–H groups in total. The number of likely N-dealkylation sites (N-methyl/N-ethyl adjacent to an activating group) is 2. The number of nitrogens with zero attached hydrogens (tertiary/aromatic N) is 2. The third kappa shape index (κ3) is 8.99. The van der Waals surface area contributed by atoms with Crippen molar-refractivity contribution >= 4 is 35.4 Å². The number of rotatable bonds is 15. The van der Waals surface area contributed by atoms with Crippen LogP contribution in [0.15, 0.2) is 36.4 Å². The molecule has 0 spiro atoms. The summed E-state index contributed by atoms with van der Waals surface area (Å²) < 4.78 is 12.7. The average molecular weight is 855 g/mol. The molecular formula is C46H62N8O8. The minimum absolute atomic E-state index is 0.0760. The first kappa shape index (κ1) is 43.4. The van der Waals surface area contributed by atoms with Crippen LogP contribution in [0.1, 0.15) is 101 Å². The van der Waals surface area contributed by atoms with E-state index in [1.54, 1.807) is 37.7 Å². The Morgan fingerprint density at radius 1 is 0.581 bits per heavy atom. The molecule has 0 bridgehead atoms. The Balaban J connectivity index is 0.962. The van der Waals surface area contributed by atoms with Gasteiger partial charge in [0.1, 0.15) is 35.7 Å². The molecule has 4 unspecified atom stereocenters. The average Bonchev–Trinajstić information content (AvgIpc) is 4.21. The molecule has 4 fully saturated rings. The van der Waals surface area contributed by atoms with Gasteiger partial charge in [0.15, 0.2) is 0 Å². The topological polar surface area (TPSA) is 200 Å². The first-order valence-electron chi connectivity index (χ1n) is 22.7. The largest absolute Gasteiger partial charge is 0.492 e. The number of carbonyl (C=O) groups excluding carboxylic acids is 6. The number of amides is 6. The molecule has 62 heavy (non-hydrogen) atoms. The van der Waals surface area contributed by atoms with Gasteiger partial charge in [0, 0.05) is 48.2 Å². The third-order valence-corrected chi connectivity index (χ3v) is 13.7. The molecule has 16 heteroatoms. The number of likely N-dealkylation sites (tertiary alicyclic amines) is 2. The highest BCUT2D eigenvalue weighted by Crippen LogP contribution is 2.47. The summed E-state index contributed by atoms with van der Waals surface area (Å²) in [5.74, 6) is 0.132. The van der Waals surface area contributed by atoms with E-state index in [1.807, 2.05) is 36.4 Å². The number of hydrogen-bond acceptors (Lipinski definition) is 10. The minimum Gasteiger partial charge on any atom is -0.492 e. The van der Waals surface area contributed by atoms with Crippen LogP contribution in [0.5, 0.6) is 11.5 Å². The van der Waals surface area contributed by atoms with E-state index < -0.39 is 36.3 Å². The molecule has 8 atom stereocenters. The van der Waals surface area contributed by atoms with E-state index in [0.29, 0.717) is 76.3 Å². The number of benzene rings is 2. The van der Waals surface area contributed by atoms with Gasteiger partial charge in [0.25, 0.3) is 0 Å². The zero-order valence-electron chi connectivity index (χ0n) is 36.3. The summed E-state index contributed by atoms with van der Waals surface area (Å²) in [6, 6.07) is 7.55. The predicted octanol–water partition coefficient (Wildman–Crippen LogP) is 2.22. The Bertz CT molecular complexity index is 1910. The Morgan fingerprint density at radius 2 is 0.984 bits per heavy atom.